The smallest absolute Gasteiger partial charge is 0.404 e. The second-order valence-electron chi connectivity index (χ2n) is 7.03. The zero-order chi connectivity index (χ0) is 13.1. The fourth-order valence-electron chi connectivity index (χ4n) is 4.39. The summed E-state index contributed by atoms with van der Waals surface area (Å²) >= 11 is 0. The molecular weight excluding hydrogens is 225 g/mol. The second kappa shape index (κ2) is 3.84. The zero-order valence-electron chi connectivity index (χ0n) is 11.7. The number of hydrogen-bond acceptors (Lipinski definition) is 3. The molecule has 0 aromatic heterocycles. The minimum Gasteiger partial charge on any atom is -0.404 e. The second-order valence-corrected chi connectivity index (χ2v) is 7.03. The Morgan fingerprint density at radius 3 is 2.78 bits per heavy atom. The molecule has 1 heterocycles. The molecule has 0 unspecified atom stereocenters. The zero-order valence-corrected chi connectivity index (χ0v) is 11.7. The summed E-state index contributed by atoms with van der Waals surface area (Å²) in [5.74, 6) is 1.30. The van der Waals surface area contributed by atoms with Gasteiger partial charge < -0.3 is 15.0 Å². The molecule has 3 aliphatic carbocycles. The van der Waals surface area contributed by atoms with Gasteiger partial charge in [0.05, 0.1) is 11.7 Å². The molecule has 3 nitrogen and oxygen atoms in total. The van der Waals surface area contributed by atoms with Crippen molar-refractivity contribution in [2.45, 2.75) is 57.7 Å². The van der Waals surface area contributed by atoms with E-state index in [4.69, 9.17) is 15.0 Å². The fraction of sp³-hybridized carbons (Fsp3) is 0.857. The van der Waals surface area contributed by atoms with Crippen molar-refractivity contribution in [3.05, 3.63) is 12.7 Å². The topological polar surface area (TPSA) is 44.5 Å². The molecule has 4 heteroatoms. The molecule has 1 saturated heterocycles. The van der Waals surface area contributed by atoms with Gasteiger partial charge in [-0.05, 0) is 43.4 Å². The molecule has 3 saturated carbocycles. The summed E-state index contributed by atoms with van der Waals surface area (Å²) in [6.45, 7) is 10.7. The minimum absolute atomic E-state index is 0.0924. The van der Waals surface area contributed by atoms with Crippen LogP contribution < -0.4 is 5.73 Å². The fourth-order valence-corrected chi connectivity index (χ4v) is 4.39. The summed E-state index contributed by atoms with van der Waals surface area (Å²) in [5, 5.41) is 0. The van der Waals surface area contributed by atoms with Crippen LogP contribution in [0.15, 0.2) is 12.7 Å². The average Bonchev–Trinajstić information content (AvgIpc) is 2.65. The van der Waals surface area contributed by atoms with Crippen LogP contribution in [-0.2, 0) is 9.31 Å². The molecule has 4 aliphatic rings. The first-order chi connectivity index (χ1) is 8.39. The van der Waals surface area contributed by atoms with Gasteiger partial charge in [-0.1, -0.05) is 19.9 Å². The SMILES string of the molecule is C=CC[C@H](N)B1O[C@@H]2C[C@@H]3C[C@@H](C3(C)C)[C@]2(C)O1. The minimum atomic E-state index is -0.256. The maximum Gasteiger partial charge on any atom is 0.475 e. The van der Waals surface area contributed by atoms with Gasteiger partial charge in [0.2, 0.25) is 0 Å². The Balaban J connectivity index is 1.78. The van der Waals surface area contributed by atoms with E-state index in [9.17, 15) is 0 Å². The van der Waals surface area contributed by atoms with E-state index in [2.05, 4.69) is 27.4 Å². The molecule has 0 aromatic carbocycles. The quantitative estimate of drug-likeness (QED) is 0.615. The molecule has 1 aliphatic heterocycles. The van der Waals surface area contributed by atoms with Gasteiger partial charge in [-0.25, -0.2) is 0 Å². The first kappa shape index (κ1) is 12.7. The Labute approximate surface area is 110 Å². The third-order valence-corrected chi connectivity index (χ3v) is 5.76. The number of hydrogen-bond donors (Lipinski definition) is 1. The highest BCUT2D eigenvalue weighted by Crippen LogP contribution is 2.65. The number of rotatable bonds is 3. The summed E-state index contributed by atoms with van der Waals surface area (Å²) in [6, 6.07) is 0. The molecule has 4 fully saturated rings. The van der Waals surface area contributed by atoms with E-state index in [1.165, 1.54) is 6.42 Å². The summed E-state index contributed by atoms with van der Waals surface area (Å²) in [7, 11) is -0.256. The molecular formula is C14H24BNO2. The molecule has 0 aromatic rings. The van der Waals surface area contributed by atoms with E-state index in [1.54, 1.807) is 0 Å². The van der Waals surface area contributed by atoms with Crippen LogP contribution in [0.1, 0.15) is 40.0 Å². The van der Waals surface area contributed by atoms with Gasteiger partial charge in [-0.15, -0.1) is 6.58 Å². The van der Waals surface area contributed by atoms with Crippen molar-refractivity contribution in [1.82, 2.24) is 0 Å². The summed E-state index contributed by atoms with van der Waals surface area (Å²) < 4.78 is 12.3. The molecule has 5 atom stereocenters. The highest BCUT2D eigenvalue weighted by atomic mass is 16.7. The molecule has 4 rings (SSSR count). The van der Waals surface area contributed by atoms with E-state index in [-0.39, 0.29) is 24.8 Å². The third-order valence-electron chi connectivity index (χ3n) is 5.76. The van der Waals surface area contributed by atoms with Gasteiger partial charge >= 0.3 is 7.12 Å². The van der Waals surface area contributed by atoms with E-state index >= 15 is 0 Å². The first-order valence-corrected chi connectivity index (χ1v) is 7.09. The van der Waals surface area contributed by atoms with Crippen molar-refractivity contribution in [2.24, 2.45) is 23.0 Å². The monoisotopic (exact) mass is 249 g/mol. The largest absolute Gasteiger partial charge is 0.475 e. The maximum absolute atomic E-state index is 6.26. The highest BCUT2D eigenvalue weighted by Gasteiger charge is 2.68. The lowest BCUT2D eigenvalue weighted by Gasteiger charge is -2.64. The van der Waals surface area contributed by atoms with Gasteiger partial charge in [0.25, 0.3) is 0 Å². The molecule has 100 valence electrons. The first-order valence-electron chi connectivity index (χ1n) is 7.09. The van der Waals surface area contributed by atoms with Crippen LogP contribution >= 0.6 is 0 Å². The van der Waals surface area contributed by atoms with Crippen LogP contribution in [0.4, 0.5) is 0 Å². The van der Waals surface area contributed by atoms with E-state index in [0.29, 0.717) is 11.3 Å². The summed E-state index contributed by atoms with van der Waals surface area (Å²) in [4.78, 5) is 0. The van der Waals surface area contributed by atoms with Crippen molar-refractivity contribution in [3.63, 3.8) is 0 Å². The number of nitrogens with two attached hydrogens (primary N) is 1. The van der Waals surface area contributed by atoms with Gasteiger partial charge in [0.1, 0.15) is 0 Å². The van der Waals surface area contributed by atoms with Crippen molar-refractivity contribution in [3.8, 4) is 0 Å². The Morgan fingerprint density at radius 1 is 1.44 bits per heavy atom. The molecule has 18 heavy (non-hydrogen) atoms. The van der Waals surface area contributed by atoms with E-state index < -0.39 is 0 Å². The lowest BCUT2D eigenvalue weighted by molar-refractivity contribution is -0.199. The average molecular weight is 249 g/mol. The Bertz CT molecular complexity index is 373. The Hall–Kier alpha value is -0.315. The van der Waals surface area contributed by atoms with Crippen LogP contribution in [0.25, 0.3) is 0 Å². The predicted molar refractivity (Wildman–Crippen MR) is 72.9 cm³/mol. The lowest BCUT2D eigenvalue weighted by Crippen LogP contribution is -2.65. The van der Waals surface area contributed by atoms with Gasteiger partial charge in [-0.2, -0.15) is 0 Å². The normalized spacial score (nSPS) is 46.2. The standard InChI is InChI=1S/C14H24BNO2/c1-5-6-12(16)15-17-11-8-9-7-10(13(9,2)3)14(11,4)18-15/h5,9-12H,1,6-8,16H2,2-4H3/t9-,10-,11+,12-,14-/m0/s1. The van der Waals surface area contributed by atoms with Gasteiger partial charge in [-0.3, -0.25) is 0 Å². The predicted octanol–water partition coefficient (Wildman–Crippen LogP) is 2.16. The molecule has 2 N–H and O–H groups in total. The van der Waals surface area contributed by atoms with Crippen LogP contribution in [0.3, 0.4) is 0 Å². The van der Waals surface area contributed by atoms with E-state index in [0.717, 1.165) is 18.8 Å². The Kier molecular flexibility index (Phi) is 2.71. The summed E-state index contributed by atoms with van der Waals surface area (Å²) in [5.41, 5.74) is 6.37. The van der Waals surface area contributed by atoms with E-state index in [1.807, 2.05) is 6.08 Å². The maximum atomic E-state index is 6.26. The van der Waals surface area contributed by atoms with Crippen molar-refractivity contribution in [1.29, 1.82) is 0 Å². The molecule has 2 bridgehead atoms. The van der Waals surface area contributed by atoms with Crippen LogP contribution in [0.5, 0.6) is 0 Å². The van der Waals surface area contributed by atoms with Crippen molar-refractivity contribution < 1.29 is 9.31 Å². The Morgan fingerprint density at radius 2 is 2.17 bits per heavy atom. The van der Waals surface area contributed by atoms with Gasteiger partial charge in [0.15, 0.2) is 0 Å². The lowest BCUT2D eigenvalue weighted by atomic mass is 9.43. The van der Waals surface area contributed by atoms with Crippen molar-refractivity contribution in [2.75, 3.05) is 0 Å². The van der Waals surface area contributed by atoms with Crippen LogP contribution in [0.2, 0.25) is 0 Å². The molecule has 0 spiro atoms. The van der Waals surface area contributed by atoms with Gasteiger partial charge in [0, 0.05) is 5.94 Å². The highest BCUT2D eigenvalue weighted by molar-refractivity contribution is 6.47. The molecule has 0 radical (unpaired) electrons. The van der Waals surface area contributed by atoms with Crippen molar-refractivity contribution >= 4 is 7.12 Å². The summed E-state index contributed by atoms with van der Waals surface area (Å²) in [6.07, 6.45) is 5.22. The van der Waals surface area contributed by atoms with Crippen LogP contribution in [-0.4, -0.2) is 24.8 Å². The van der Waals surface area contributed by atoms with Crippen LogP contribution in [0, 0.1) is 17.3 Å². The molecule has 0 amide bonds. The third kappa shape index (κ3) is 1.49.